The molecule has 1 aromatic carbocycles. The number of benzene rings is 1. The highest BCUT2D eigenvalue weighted by Crippen LogP contribution is 2.04. The van der Waals surface area contributed by atoms with Crippen LogP contribution in [0.15, 0.2) is 42.0 Å². The second-order valence-electron chi connectivity index (χ2n) is 2.99. The Morgan fingerprint density at radius 3 is 2.50 bits per heavy atom. The Hall–Kier alpha value is -2.14. The number of aliphatic hydroxyl groups is 1. The minimum atomic E-state index is -1.24. The van der Waals surface area contributed by atoms with E-state index in [0.29, 0.717) is 0 Å². The summed E-state index contributed by atoms with van der Waals surface area (Å²) < 4.78 is 5.04. The van der Waals surface area contributed by atoms with Crippen molar-refractivity contribution in [2.24, 2.45) is 0 Å². The highest BCUT2D eigenvalue weighted by atomic mass is 16.6. The number of nitriles is 2. The highest BCUT2D eigenvalue weighted by molar-refractivity contribution is 5.35. The zero-order valence-electron chi connectivity index (χ0n) is 8.50. The van der Waals surface area contributed by atoms with Crippen molar-refractivity contribution in [2.45, 2.75) is 12.9 Å². The third-order valence-electron chi connectivity index (χ3n) is 1.81. The molecule has 16 heavy (non-hydrogen) atoms. The molecule has 0 saturated heterocycles. The third-order valence-corrected chi connectivity index (χ3v) is 1.81. The second-order valence-corrected chi connectivity index (χ2v) is 2.99. The SMILES string of the molecule is N#CC(C#N)=C[C@@H](O)OCc1ccccc1. The molecule has 1 rings (SSSR count). The zero-order chi connectivity index (χ0) is 11.8. The van der Waals surface area contributed by atoms with E-state index < -0.39 is 6.29 Å². The van der Waals surface area contributed by atoms with Gasteiger partial charge in [-0.1, -0.05) is 30.3 Å². The smallest absolute Gasteiger partial charge is 0.176 e. The molecular formula is C12H10N2O2. The predicted molar refractivity (Wildman–Crippen MR) is 56.5 cm³/mol. The van der Waals surface area contributed by atoms with E-state index in [1.807, 2.05) is 30.3 Å². The van der Waals surface area contributed by atoms with Gasteiger partial charge in [0.15, 0.2) is 6.29 Å². The van der Waals surface area contributed by atoms with Gasteiger partial charge in [0.25, 0.3) is 0 Å². The maximum Gasteiger partial charge on any atom is 0.176 e. The van der Waals surface area contributed by atoms with Crippen LogP contribution in [0.3, 0.4) is 0 Å². The molecule has 4 nitrogen and oxygen atoms in total. The number of hydrogen-bond acceptors (Lipinski definition) is 4. The molecule has 0 heterocycles. The molecule has 4 heteroatoms. The van der Waals surface area contributed by atoms with Gasteiger partial charge >= 0.3 is 0 Å². The molecule has 0 aromatic heterocycles. The molecule has 0 unspecified atom stereocenters. The summed E-state index contributed by atoms with van der Waals surface area (Å²) >= 11 is 0. The fourth-order valence-electron chi connectivity index (χ4n) is 1.05. The van der Waals surface area contributed by atoms with Gasteiger partial charge in [-0.25, -0.2) is 0 Å². The fourth-order valence-corrected chi connectivity index (χ4v) is 1.05. The summed E-state index contributed by atoms with van der Waals surface area (Å²) in [7, 11) is 0. The maximum absolute atomic E-state index is 9.34. The fraction of sp³-hybridized carbons (Fsp3) is 0.167. The number of aliphatic hydroxyl groups excluding tert-OH is 1. The van der Waals surface area contributed by atoms with Gasteiger partial charge in [-0.15, -0.1) is 0 Å². The van der Waals surface area contributed by atoms with Crippen LogP contribution in [0.25, 0.3) is 0 Å². The summed E-state index contributed by atoms with van der Waals surface area (Å²) in [6.07, 6.45) is -0.169. The lowest BCUT2D eigenvalue weighted by Crippen LogP contribution is -2.09. The summed E-state index contributed by atoms with van der Waals surface area (Å²) in [6, 6.07) is 12.6. The first-order valence-corrected chi connectivity index (χ1v) is 4.62. The summed E-state index contributed by atoms with van der Waals surface area (Å²) in [6.45, 7) is 0.225. The van der Waals surface area contributed by atoms with Gasteiger partial charge < -0.3 is 9.84 Å². The molecule has 1 atom stereocenters. The number of nitrogens with zero attached hydrogens (tertiary/aromatic N) is 2. The van der Waals surface area contributed by atoms with Crippen molar-refractivity contribution in [1.29, 1.82) is 10.5 Å². The van der Waals surface area contributed by atoms with Gasteiger partial charge in [0.2, 0.25) is 0 Å². The van der Waals surface area contributed by atoms with Gasteiger partial charge in [0, 0.05) is 0 Å². The van der Waals surface area contributed by atoms with Crippen LogP contribution in [-0.2, 0) is 11.3 Å². The van der Waals surface area contributed by atoms with E-state index in [4.69, 9.17) is 15.3 Å². The number of allylic oxidation sites excluding steroid dienone is 1. The summed E-state index contributed by atoms with van der Waals surface area (Å²) in [5.74, 6) is 0. The van der Waals surface area contributed by atoms with Crippen molar-refractivity contribution in [2.75, 3.05) is 0 Å². The van der Waals surface area contributed by atoms with E-state index in [1.54, 1.807) is 12.1 Å². The van der Waals surface area contributed by atoms with E-state index in [2.05, 4.69) is 0 Å². The first-order valence-electron chi connectivity index (χ1n) is 4.62. The molecule has 0 aliphatic rings. The van der Waals surface area contributed by atoms with Gasteiger partial charge in [-0.2, -0.15) is 10.5 Å². The topological polar surface area (TPSA) is 77.0 Å². The normalized spacial score (nSPS) is 10.9. The lowest BCUT2D eigenvalue weighted by atomic mass is 10.2. The van der Waals surface area contributed by atoms with Crippen LogP contribution in [0, 0.1) is 22.7 Å². The average Bonchev–Trinajstić information content (AvgIpc) is 2.34. The average molecular weight is 214 g/mol. The van der Waals surface area contributed by atoms with E-state index in [9.17, 15) is 5.11 Å². The third kappa shape index (κ3) is 3.93. The zero-order valence-corrected chi connectivity index (χ0v) is 8.50. The van der Waals surface area contributed by atoms with Crippen LogP contribution in [0.2, 0.25) is 0 Å². The molecule has 1 N–H and O–H groups in total. The minimum Gasteiger partial charge on any atom is -0.365 e. The molecule has 0 aliphatic heterocycles. The molecular weight excluding hydrogens is 204 g/mol. The molecule has 0 spiro atoms. The monoisotopic (exact) mass is 214 g/mol. The summed E-state index contributed by atoms with van der Waals surface area (Å²) in [4.78, 5) is 0. The molecule has 80 valence electrons. The molecule has 0 bridgehead atoms. The Kier molecular flexibility index (Phi) is 4.75. The Labute approximate surface area is 93.6 Å². The van der Waals surface area contributed by atoms with Crippen LogP contribution >= 0.6 is 0 Å². The largest absolute Gasteiger partial charge is 0.365 e. The Morgan fingerprint density at radius 2 is 1.94 bits per heavy atom. The van der Waals surface area contributed by atoms with Crippen LogP contribution in [-0.4, -0.2) is 11.4 Å². The Balaban J connectivity index is 2.49. The first kappa shape index (κ1) is 11.9. The minimum absolute atomic E-state index is 0.166. The van der Waals surface area contributed by atoms with E-state index in [1.165, 1.54) is 0 Å². The Morgan fingerprint density at radius 1 is 1.31 bits per heavy atom. The highest BCUT2D eigenvalue weighted by Gasteiger charge is 2.03. The summed E-state index contributed by atoms with van der Waals surface area (Å²) in [5.41, 5.74) is 0.742. The van der Waals surface area contributed by atoms with Gasteiger partial charge in [0.05, 0.1) is 6.61 Å². The molecule has 0 amide bonds. The standard InChI is InChI=1S/C12H10N2O2/c13-7-11(8-14)6-12(15)16-9-10-4-2-1-3-5-10/h1-6,12,15H,9H2/t12-/m0/s1. The lowest BCUT2D eigenvalue weighted by molar-refractivity contribution is -0.0734. The predicted octanol–water partition coefficient (Wildman–Crippen LogP) is 1.50. The van der Waals surface area contributed by atoms with Gasteiger partial charge in [-0.05, 0) is 11.6 Å². The van der Waals surface area contributed by atoms with E-state index in [-0.39, 0.29) is 12.2 Å². The second kappa shape index (κ2) is 6.36. The molecule has 0 aliphatic carbocycles. The van der Waals surface area contributed by atoms with E-state index >= 15 is 0 Å². The van der Waals surface area contributed by atoms with Crippen molar-refractivity contribution < 1.29 is 9.84 Å². The maximum atomic E-state index is 9.34. The van der Waals surface area contributed by atoms with Crippen molar-refractivity contribution in [1.82, 2.24) is 0 Å². The van der Waals surface area contributed by atoms with Crippen LogP contribution in [0.4, 0.5) is 0 Å². The number of hydrogen-bond donors (Lipinski definition) is 1. The van der Waals surface area contributed by atoms with Crippen molar-refractivity contribution in [3.05, 3.63) is 47.5 Å². The van der Waals surface area contributed by atoms with Crippen LogP contribution < -0.4 is 0 Å². The molecule has 1 aromatic rings. The lowest BCUT2D eigenvalue weighted by Gasteiger charge is -2.07. The molecule has 0 saturated carbocycles. The summed E-state index contributed by atoms with van der Waals surface area (Å²) in [5, 5.41) is 26.2. The molecule has 0 fully saturated rings. The van der Waals surface area contributed by atoms with Gasteiger partial charge in [-0.3, -0.25) is 0 Å². The van der Waals surface area contributed by atoms with Crippen molar-refractivity contribution in [3.8, 4) is 12.1 Å². The van der Waals surface area contributed by atoms with Crippen LogP contribution in [0.1, 0.15) is 5.56 Å². The van der Waals surface area contributed by atoms with Crippen molar-refractivity contribution in [3.63, 3.8) is 0 Å². The quantitative estimate of drug-likeness (QED) is 0.608. The number of ether oxygens (including phenoxy) is 1. The van der Waals surface area contributed by atoms with E-state index in [0.717, 1.165) is 11.6 Å². The Bertz CT molecular complexity index is 424. The van der Waals surface area contributed by atoms with Crippen LogP contribution in [0.5, 0.6) is 0 Å². The first-order chi connectivity index (χ1) is 7.76. The van der Waals surface area contributed by atoms with Gasteiger partial charge in [0.1, 0.15) is 17.7 Å². The number of rotatable bonds is 4. The van der Waals surface area contributed by atoms with Crippen molar-refractivity contribution >= 4 is 0 Å². The molecule has 0 radical (unpaired) electrons.